The largest absolute Gasteiger partial charge is 0.316 e. The van der Waals surface area contributed by atoms with E-state index in [0.717, 1.165) is 22.3 Å². The first-order chi connectivity index (χ1) is 11.7. The third-order valence-electron chi connectivity index (χ3n) is 4.12. The van der Waals surface area contributed by atoms with Gasteiger partial charge in [0.1, 0.15) is 5.82 Å². The number of aromatic nitrogens is 1. The Morgan fingerprint density at radius 1 is 0.750 bits per heavy atom. The molecule has 0 spiro atoms. The molecule has 0 aliphatic carbocycles. The fourth-order valence-electron chi connectivity index (χ4n) is 2.97. The maximum Gasteiger partial charge on any atom is 0.189 e. The third kappa shape index (κ3) is 2.40. The number of hydrogen-bond donors (Lipinski definition) is 0. The molecule has 0 fully saturated rings. The zero-order valence-corrected chi connectivity index (χ0v) is 12.8. The van der Waals surface area contributed by atoms with Gasteiger partial charge in [0.15, 0.2) is 5.43 Å². The molecular weight excluding hydrogens is 301 g/mol. The maximum absolute atomic E-state index is 13.2. The minimum Gasteiger partial charge on any atom is -0.316 e. The first-order valence-electron chi connectivity index (χ1n) is 7.70. The van der Waals surface area contributed by atoms with Gasteiger partial charge in [-0.2, -0.15) is 0 Å². The fourth-order valence-corrected chi connectivity index (χ4v) is 2.97. The lowest BCUT2D eigenvalue weighted by Gasteiger charge is -2.15. The van der Waals surface area contributed by atoms with E-state index in [4.69, 9.17) is 0 Å². The number of benzene rings is 3. The van der Waals surface area contributed by atoms with E-state index in [1.165, 1.54) is 12.1 Å². The average Bonchev–Trinajstić information content (AvgIpc) is 2.63. The summed E-state index contributed by atoms with van der Waals surface area (Å²) >= 11 is 0. The summed E-state index contributed by atoms with van der Waals surface area (Å²) in [7, 11) is 0. The van der Waals surface area contributed by atoms with Gasteiger partial charge in [-0.3, -0.25) is 4.79 Å². The van der Waals surface area contributed by atoms with Crippen molar-refractivity contribution in [1.29, 1.82) is 0 Å². The second-order valence-corrected chi connectivity index (χ2v) is 5.59. The van der Waals surface area contributed by atoms with E-state index < -0.39 is 0 Å². The Morgan fingerprint density at radius 2 is 1.46 bits per heavy atom. The van der Waals surface area contributed by atoms with Crippen molar-refractivity contribution in [2.75, 3.05) is 0 Å². The molecule has 0 unspecified atom stereocenters. The van der Waals surface area contributed by atoms with Crippen LogP contribution in [-0.2, 0) is 0 Å². The number of hydrogen-bond acceptors (Lipinski definition) is 1. The average molecular weight is 315 g/mol. The van der Waals surface area contributed by atoms with Crippen LogP contribution in [0.3, 0.4) is 0 Å². The van der Waals surface area contributed by atoms with Crippen LogP contribution in [0.15, 0.2) is 89.9 Å². The Hall–Kier alpha value is -3.20. The Balaban J connectivity index is 2.01. The smallest absolute Gasteiger partial charge is 0.189 e. The first kappa shape index (κ1) is 14.4. The molecule has 1 aromatic heterocycles. The SMILES string of the molecule is O=c1ccn(-c2ccccc2-c2ccc(F)cc2)c2ccccc12. The molecule has 1 heterocycles. The highest BCUT2D eigenvalue weighted by molar-refractivity contribution is 5.83. The predicted molar refractivity (Wildman–Crippen MR) is 94.9 cm³/mol. The first-order valence-corrected chi connectivity index (χ1v) is 7.70. The van der Waals surface area contributed by atoms with Crippen LogP contribution in [0.1, 0.15) is 0 Å². The van der Waals surface area contributed by atoms with Gasteiger partial charge >= 0.3 is 0 Å². The van der Waals surface area contributed by atoms with E-state index in [0.29, 0.717) is 5.39 Å². The van der Waals surface area contributed by atoms with Gasteiger partial charge in [0.2, 0.25) is 0 Å². The molecule has 0 bridgehead atoms. The van der Waals surface area contributed by atoms with Crippen LogP contribution in [-0.4, -0.2) is 4.57 Å². The third-order valence-corrected chi connectivity index (χ3v) is 4.12. The Kier molecular flexibility index (Phi) is 3.47. The second kappa shape index (κ2) is 5.78. The Labute approximate surface area is 138 Å². The summed E-state index contributed by atoms with van der Waals surface area (Å²) in [5, 5.41) is 0.675. The summed E-state index contributed by atoms with van der Waals surface area (Å²) in [6, 6.07) is 23.4. The number of para-hydroxylation sites is 2. The summed E-state index contributed by atoms with van der Waals surface area (Å²) in [6.45, 7) is 0. The number of nitrogens with zero attached hydrogens (tertiary/aromatic N) is 1. The molecule has 0 aliphatic rings. The summed E-state index contributed by atoms with van der Waals surface area (Å²) in [5.41, 5.74) is 3.70. The van der Waals surface area contributed by atoms with Crippen LogP contribution in [0.4, 0.5) is 4.39 Å². The molecule has 0 radical (unpaired) electrons. The zero-order chi connectivity index (χ0) is 16.5. The highest BCUT2D eigenvalue weighted by atomic mass is 19.1. The summed E-state index contributed by atoms with van der Waals surface area (Å²) in [4.78, 5) is 12.1. The van der Waals surface area contributed by atoms with Crippen molar-refractivity contribution >= 4 is 10.9 Å². The van der Waals surface area contributed by atoms with E-state index in [9.17, 15) is 9.18 Å². The van der Waals surface area contributed by atoms with Crippen molar-refractivity contribution < 1.29 is 4.39 Å². The molecule has 4 aromatic rings. The van der Waals surface area contributed by atoms with Crippen molar-refractivity contribution in [2.24, 2.45) is 0 Å². The van der Waals surface area contributed by atoms with Gasteiger partial charge < -0.3 is 4.57 Å². The molecule has 0 saturated heterocycles. The molecule has 3 heteroatoms. The standard InChI is InChI=1S/C21H14FNO/c22-16-11-9-15(10-12-16)17-5-1-3-7-19(17)23-14-13-21(24)18-6-2-4-8-20(18)23/h1-14H. The number of fused-ring (bicyclic) bond motifs is 1. The van der Waals surface area contributed by atoms with Crippen molar-refractivity contribution in [3.63, 3.8) is 0 Å². The van der Waals surface area contributed by atoms with Crippen LogP contribution in [0, 0.1) is 5.82 Å². The van der Waals surface area contributed by atoms with Gasteiger partial charge in [-0.25, -0.2) is 4.39 Å². The van der Waals surface area contributed by atoms with Gasteiger partial charge in [-0.15, -0.1) is 0 Å². The van der Waals surface area contributed by atoms with Gasteiger partial charge in [0.05, 0.1) is 11.2 Å². The van der Waals surface area contributed by atoms with Crippen molar-refractivity contribution in [3.8, 4) is 16.8 Å². The minimum atomic E-state index is -0.259. The van der Waals surface area contributed by atoms with Crippen molar-refractivity contribution in [3.05, 3.63) is 101 Å². The molecule has 0 N–H and O–H groups in total. The quantitative estimate of drug-likeness (QED) is 0.521. The van der Waals surface area contributed by atoms with E-state index >= 15 is 0 Å². The molecule has 0 amide bonds. The van der Waals surface area contributed by atoms with Gasteiger partial charge in [0, 0.05) is 23.2 Å². The Bertz CT molecular complexity index is 1080. The fraction of sp³-hybridized carbons (Fsp3) is 0. The van der Waals surface area contributed by atoms with Gasteiger partial charge in [-0.05, 0) is 35.9 Å². The predicted octanol–water partition coefficient (Wildman–Crippen LogP) is 4.80. The number of halogens is 1. The lowest BCUT2D eigenvalue weighted by atomic mass is 10.0. The van der Waals surface area contributed by atoms with E-state index in [2.05, 4.69) is 0 Å². The molecule has 24 heavy (non-hydrogen) atoms. The van der Waals surface area contributed by atoms with Gasteiger partial charge in [0.25, 0.3) is 0 Å². The van der Waals surface area contributed by atoms with Crippen LogP contribution in [0.25, 0.3) is 27.7 Å². The van der Waals surface area contributed by atoms with Crippen LogP contribution < -0.4 is 5.43 Å². The van der Waals surface area contributed by atoms with Crippen molar-refractivity contribution in [1.82, 2.24) is 4.57 Å². The number of rotatable bonds is 2. The summed E-state index contributed by atoms with van der Waals surface area (Å²) < 4.78 is 15.2. The second-order valence-electron chi connectivity index (χ2n) is 5.59. The lowest BCUT2D eigenvalue weighted by Crippen LogP contribution is -2.07. The Morgan fingerprint density at radius 3 is 2.29 bits per heavy atom. The summed E-state index contributed by atoms with van der Waals surface area (Å²) in [6.07, 6.45) is 1.78. The molecule has 0 atom stereocenters. The normalized spacial score (nSPS) is 10.9. The monoisotopic (exact) mass is 315 g/mol. The minimum absolute atomic E-state index is 0.00103. The highest BCUT2D eigenvalue weighted by Crippen LogP contribution is 2.28. The zero-order valence-electron chi connectivity index (χ0n) is 12.8. The lowest BCUT2D eigenvalue weighted by molar-refractivity contribution is 0.628. The summed E-state index contributed by atoms with van der Waals surface area (Å²) in [5.74, 6) is -0.259. The van der Waals surface area contributed by atoms with E-state index in [1.54, 1.807) is 24.4 Å². The van der Waals surface area contributed by atoms with E-state index in [-0.39, 0.29) is 11.2 Å². The van der Waals surface area contributed by atoms with E-state index in [1.807, 2.05) is 53.1 Å². The van der Waals surface area contributed by atoms with Crippen LogP contribution in [0.5, 0.6) is 0 Å². The van der Waals surface area contributed by atoms with Crippen molar-refractivity contribution in [2.45, 2.75) is 0 Å². The van der Waals surface area contributed by atoms with Gasteiger partial charge in [-0.1, -0.05) is 42.5 Å². The molecule has 116 valence electrons. The maximum atomic E-state index is 13.2. The van der Waals surface area contributed by atoms with Crippen LogP contribution in [0.2, 0.25) is 0 Å². The molecule has 0 aliphatic heterocycles. The molecule has 2 nitrogen and oxygen atoms in total. The molecule has 3 aromatic carbocycles. The van der Waals surface area contributed by atoms with Crippen LogP contribution >= 0.6 is 0 Å². The molecule has 0 saturated carbocycles. The number of pyridine rings is 1. The highest BCUT2D eigenvalue weighted by Gasteiger charge is 2.09. The topological polar surface area (TPSA) is 22.0 Å². The molecular formula is C21H14FNO. The molecule has 4 rings (SSSR count).